The molecule has 1 atom stereocenters. The van der Waals surface area contributed by atoms with E-state index in [1.54, 1.807) is 0 Å². The average Bonchev–Trinajstić information content (AvgIpc) is 3.03. The van der Waals surface area contributed by atoms with E-state index in [2.05, 4.69) is 15.4 Å². The van der Waals surface area contributed by atoms with Crippen molar-refractivity contribution in [2.75, 3.05) is 11.1 Å². The molecule has 5 N–H and O–H groups in total. The second-order valence-corrected chi connectivity index (χ2v) is 10.9. The second kappa shape index (κ2) is 7.69. The van der Waals surface area contributed by atoms with Gasteiger partial charge < -0.3 is 11.1 Å². The minimum absolute atomic E-state index is 0.0343. The second-order valence-electron chi connectivity index (χ2n) is 7.82. The number of amides is 1. The molecule has 2 aromatic rings. The topological polar surface area (TPSA) is 126 Å². The van der Waals surface area contributed by atoms with E-state index >= 15 is 0 Å². The van der Waals surface area contributed by atoms with Crippen LogP contribution in [-0.4, -0.2) is 41.1 Å². The van der Waals surface area contributed by atoms with Crippen LogP contribution in [0, 0.1) is 5.82 Å². The maximum Gasteiger partial charge on any atom is 0.333 e. The van der Waals surface area contributed by atoms with Gasteiger partial charge in [0.2, 0.25) is 0 Å². The van der Waals surface area contributed by atoms with Crippen LogP contribution >= 0.6 is 22.2 Å². The molecule has 0 aliphatic carbocycles. The summed E-state index contributed by atoms with van der Waals surface area (Å²) in [6.07, 6.45) is 0.810. The number of nitrogens with one attached hydrogen (secondary N) is 1. The number of aromatic nitrogens is 2. The van der Waals surface area contributed by atoms with Crippen LogP contribution in [-0.2, 0) is 5.54 Å². The van der Waals surface area contributed by atoms with Gasteiger partial charge in [0.25, 0.3) is 5.91 Å². The van der Waals surface area contributed by atoms with Crippen molar-refractivity contribution in [2.24, 2.45) is 10.7 Å². The third-order valence-corrected chi connectivity index (χ3v) is 8.28. The number of halogens is 4. The molecule has 170 valence electrons. The first kappa shape index (κ1) is 23.4. The highest BCUT2D eigenvalue weighted by Gasteiger charge is 2.49. The normalized spacial score (nSPS) is 23.4. The Morgan fingerprint density at radius 1 is 1.35 bits per heavy atom. The molecule has 1 unspecified atom stereocenters. The molecular formula is C18H21ClF3N5O3S. The van der Waals surface area contributed by atoms with E-state index in [9.17, 15) is 27.1 Å². The van der Waals surface area contributed by atoms with Crippen molar-refractivity contribution >= 4 is 39.6 Å². The fourth-order valence-electron chi connectivity index (χ4n) is 3.14. The molecule has 0 saturated heterocycles. The number of alkyl halides is 2. The predicted molar refractivity (Wildman–Crippen MR) is 114 cm³/mol. The lowest BCUT2D eigenvalue weighted by Gasteiger charge is -2.53. The summed E-state index contributed by atoms with van der Waals surface area (Å²) in [6.45, 7) is 1.59. The Hall–Kier alpha value is -2.28. The fraction of sp³-hybridized carbons (Fsp3) is 0.389. The quantitative estimate of drug-likeness (QED) is 0.516. The van der Waals surface area contributed by atoms with Crippen LogP contribution in [0.3, 0.4) is 0 Å². The van der Waals surface area contributed by atoms with Crippen molar-refractivity contribution in [1.29, 1.82) is 0 Å². The number of rotatable bonds is 4. The average molecular weight is 480 g/mol. The third-order valence-electron chi connectivity index (χ3n) is 5.19. The van der Waals surface area contributed by atoms with Gasteiger partial charge in [-0.05, 0) is 39.0 Å². The van der Waals surface area contributed by atoms with E-state index < -0.39 is 44.8 Å². The number of nitrogens with zero attached hydrogens (tertiary/aromatic N) is 3. The summed E-state index contributed by atoms with van der Waals surface area (Å²) >= 11 is 5.80. The molecule has 0 saturated carbocycles. The molecule has 2 heterocycles. The summed E-state index contributed by atoms with van der Waals surface area (Å²) < 4.78 is 60.4. The number of carbonyl (C=O) groups excluding carboxylic acids is 1. The van der Waals surface area contributed by atoms with Crippen molar-refractivity contribution < 1.29 is 27.1 Å². The molecule has 1 aliphatic rings. The highest BCUT2D eigenvalue weighted by molar-refractivity contribution is 8.26. The summed E-state index contributed by atoms with van der Waals surface area (Å²) in [5, 5.41) is 5.57. The smallest absolute Gasteiger partial charge is 0.333 e. The minimum Gasteiger partial charge on any atom is -0.386 e. The molecule has 31 heavy (non-hydrogen) atoms. The van der Waals surface area contributed by atoms with Gasteiger partial charge in [-0.2, -0.15) is 24.5 Å². The first-order valence-electron chi connectivity index (χ1n) is 8.93. The van der Waals surface area contributed by atoms with Crippen LogP contribution in [0.4, 0.5) is 18.9 Å². The highest BCUT2D eigenvalue weighted by atomic mass is 35.5. The number of aliphatic imine (C=N–C) groups is 1. The van der Waals surface area contributed by atoms with E-state index in [4.69, 9.17) is 17.3 Å². The Labute approximate surface area is 182 Å². The summed E-state index contributed by atoms with van der Waals surface area (Å²) in [7, 11) is -3.28. The first-order chi connectivity index (χ1) is 14.2. The van der Waals surface area contributed by atoms with Gasteiger partial charge in [0.1, 0.15) is 21.9 Å². The van der Waals surface area contributed by atoms with Crippen LogP contribution in [0.1, 0.15) is 43.4 Å². The Morgan fingerprint density at radius 2 is 2.00 bits per heavy atom. The maximum absolute atomic E-state index is 14.7. The van der Waals surface area contributed by atoms with Gasteiger partial charge in [-0.1, -0.05) is 11.6 Å². The molecule has 1 amide bonds. The fourth-order valence-corrected chi connectivity index (χ4v) is 5.11. The summed E-state index contributed by atoms with van der Waals surface area (Å²) in [5.41, 5.74) is 4.17. The first-order valence-corrected chi connectivity index (χ1v) is 11.0. The van der Waals surface area contributed by atoms with Gasteiger partial charge in [-0.3, -0.25) is 18.9 Å². The van der Waals surface area contributed by atoms with Crippen molar-refractivity contribution in [3.63, 3.8) is 0 Å². The molecule has 1 aromatic heterocycles. The highest BCUT2D eigenvalue weighted by Crippen LogP contribution is 2.59. The van der Waals surface area contributed by atoms with Crippen molar-refractivity contribution in [3.8, 4) is 0 Å². The van der Waals surface area contributed by atoms with Crippen LogP contribution in [0.15, 0.2) is 29.4 Å². The summed E-state index contributed by atoms with van der Waals surface area (Å²) in [6, 6.07) is 3.57. The largest absolute Gasteiger partial charge is 0.386 e. The number of amidine groups is 1. The predicted octanol–water partition coefficient (Wildman–Crippen LogP) is 4.44. The molecule has 1 aliphatic heterocycles. The number of nitrogens with two attached hydrogens (primary N) is 1. The van der Waals surface area contributed by atoms with Crippen LogP contribution in [0.2, 0.25) is 5.02 Å². The number of anilines is 1. The molecule has 13 heteroatoms. The van der Waals surface area contributed by atoms with E-state index in [-0.39, 0.29) is 32.5 Å². The number of hydrogen-bond acceptors (Lipinski definition) is 6. The number of benzene rings is 1. The van der Waals surface area contributed by atoms with Gasteiger partial charge >= 0.3 is 6.55 Å². The van der Waals surface area contributed by atoms with Gasteiger partial charge in [0, 0.05) is 11.3 Å². The van der Waals surface area contributed by atoms with Crippen molar-refractivity contribution in [3.05, 3.63) is 46.5 Å². The van der Waals surface area contributed by atoms with E-state index in [1.165, 1.54) is 32.9 Å². The van der Waals surface area contributed by atoms with Crippen LogP contribution in [0.25, 0.3) is 0 Å². The SMILES string of the molecule is CC1(c2cc(NC(=O)c3nn(C(F)F)cc3Cl)ccc2F)CS(O)(O)C(C)(C)C(N)=N1. The van der Waals surface area contributed by atoms with E-state index in [0.29, 0.717) is 0 Å². The Bertz CT molecular complexity index is 1080. The van der Waals surface area contributed by atoms with E-state index in [0.717, 1.165) is 12.3 Å². The molecule has 3 rings (SSSR count). The Balaban J connectivity index is 1.96. The minimum atomic E-state index is -3.28. The third kappa shape index (κ3) is 4.12. The molecule has 0 radical (unpaired) electrons. The molecular weight excluding hydrogens is 459 g/mol. The lowest BCUT2D eigenvalue weighted by molar-refractivity contribution is 0.0561. The number of carbonyl (C=O) groups is 1. The lowest BCUT2D eigenvalue weighted by Crippen LogP contribution is -2.52. The molecule has 1 aromatic carbocycles. The molecule has 0 fully saturated rings. The Kier molecular flexibility index (Phi) is 5.80. The van der Waals surface area contributed by atoms with Gasteiger partial charge in [-0.15, -0.1) is 0 Å². The lowest BCUT2D eigenvalue weighted by atomic mass is 9.92. The number of hydrogen-bond donors (Lipinski definition) is 4. The van der Waals surface area contributed by atoms with Gasteiger partial charge in [-0.25, -0.2) is 9.07 Å². The Morgan fingerprint density at radius 3 is 2.55 bits per heavy atom. The standard InChI is InChI=1S/C18H21ClF3N5O3S/c1-17(2)15(23)25-18(3,8-31(17,29)30)10-6-9(4-5-12(10)20)24-14(28)13-11(19)7-27(26-13)16(21)22/h4-7,16,29-30H,8H2,1-3H3,(H2,23,25)(H,24,28). The monoisotopic (exact) mass is 479 g/mol. The van der Waals surface area contributed by atoms with E-state index in [1.807, 2.05) is 0 Å². The zero-order valence-electron chi connectivity index (χ0n) is 16.7. The molecule has 0 bridgehead atoms. The van der Waals surface area contributed by atoms with Crippen LogP contribution < -0.4 is 11.1 Å². The van der Waals surface area contributed by atoms with Gasteiger partial charge in [0.05, 0.1) is 17.0 Å². The maximum atomic E-state index is 14.7. The summed E-state index contributed by atoms with van der Waals surface area (Å²) in [5.74, 6) is -1.91. The van der Waals surface area contributed by atoms with Gasteiger partial charge in [0.15, 0.2) is 5.69 Å². The molecule has 0 spiro atoms. The zero-order chi connectivity index (χ0) is 23.4. The molecule has 8 nitrogen and oxygen atoms in total. The van der Waals surface area contributed by atoms with Crippen LogP contribution in [0.5, 0.6) is 0 Å². The zero-order valence-corrected chi connectivity index (χ0v) is 18.3. The van der Waals surface area contributed by atoms with Crippen molar-refractivity contribution in [2.45, 2.75) is 37.6 Å². The summed E-state index contributed by atoms with van der Waals surface area (Å²) in [4.78, 5) is 16.8. The van der Waals surface area contributed by atoms with Crippen molar-refractivity contribution in [1.82, 2.24) is 9.78 Å².